The number of amides is 1. The second-order valence-electron chi connectivity index (χ2n) is 12.9. The molecule has 292 valence electrons. The summed E-state index contributed by atoms with van der Waals surface area (Å²) in [5.41, 5.74) is 0.906. The smallest absolute Gasteiger partial charge is 0.407 e. The molecule has 1 amide bonds. The number of hydrogen-bond acceptors (Lipinski definition) is 14. The van der Waals surface area contributed by atoms with Gasteiger partial charge in [0.1, 0.15) is 18.8 Å². The molecule has 0 radical (unpaired) electrons. The van der Waals surface area contributed by atoms with Crippen molar-refractivity contribution in [3.05, 3.63) is 35.9 Å². The molecule has 0 aromatic heterocycles. The molecule has 0 aliphatic carbocycles. The molecule has 10 unspecified atom stereocenters. The molecule has 2 fully saturated rings. The second-order valence-corrected chi connectivity index (χ2v) is 12.9. The van der Waals surface area contributed by atoms with Crippen LogP contribution in [0.1, 0.15) is 92.6 Å². The minimum absolute atomic E-state index is 0.198. The van der Waals surface area contributed by atoms with Crippen molar-refractivity contribution < 1.29 is 66.6 Å². The number of esters is 4. The minimum Gasteiger partial charge on any atom is -0.458 e. The van der Waals surface area contributed by atoms with Gasteiger partial charge in [0, 0.05) is 46.8 Å². The van der Waals surface area contributed by atoms with E-state index in [0.717, 1.165) is 24.8 Å². The van der Waals surface area contributed by atoms with E-state index in [1.54, 1.807) is 0 Å². The van der Waals surface area contributed by atoms with Crippen LogP contribution in [0, 0.1) is 5.92 Å². The summed E-state index contributed by atoms with van der Waals surface area (Å²) in [4.78, 5) is 61.1. The molecule has 52 heavy (non-hydrogen) atoms. The van der Waals surface area contributed by atoms with E-state index >= 15 is 0 Å². The fraction of sp³-hybridized carbons (Fsp3) is 0.703. The van der Waals surface area contributed by atoms with Crippen LogP contribution in [-0.2, 0) is 68.4 Å². The van der Waals surface area contributed by atoms with Crippen molar-refractivity contribution in [2.24, 2.45) is 5.92 Å². The lowest BCUT2D eigenvalue weighted by Gasteiger charge is -2.49. The molecule has 0 saturated carbocycles. The van der Waals surface area contributed by atoms with Crippen LogP contribution in [0.2, 0.25) is 0 Å². The Kier molecular flexibility index (Phi) is 17.8. The molecule has 1 aromatic carbocycles. The van der Waals surface area contributed by atoms with Gasteiger partial charge < -0.3 is 47.9 Å². The second kappa shape index (κ2) is 21.7. The largest absolute Gasteiger partial charge is 0.458 e. The summed E-state index contributed by atoms with van der Waals surface area (Å²) < 4.78 is 53.0. The normalized spacial score (nSPS) is 28.6. The van der Waals surface area contributed by atoms with E-state index in [0.29, 0.717) is 25.8 Å². The monoisotopic (exact) mass is 737 g/mol. The zero-order valence-corrected chi connectivity index (χ0v) is 31.2. The molecule has 2 aliphatic heterocycles. The quantitative estimate of drug-likeness (QED) is 0.126. The van der Waals surface area contributed by atoms with Gasteiger partial charge in [-0.3, -0.25) is 19.2 Å². The summed E-state index contributed by atoms with van der Waals surface area (Å²) in [5.74, 6) is -2.89. The predicted molar refractivity (Wildman–Crippen MR) is 183 cm³/mol. The third-order valence-electron chi connectivity index (χ3n) is 8.74. The summed E-state index contributed by atoms with van der Waals surface area (Å²) in [7, 11) is 0. The lowest BCUT2D eigenvalue weighted by atomic mass is 9.88. The summed E-state index contributed by atoms with van der Waals surface area (Å²) >= 11 is 0. The fourth-order valence-corrected chi connectivity index (χ4v) is 6.34. The van der Waals surface area contributed by atoms with Crippen molar-refractivity contribution in [3.63, 3.8) is 0 Å². The Hall–Kier alpha value is -3.79. The van der Waals surface area contributed by atoms with Gasteiger partial charge in [-0.15, -0.1) is 0 Å². The molecule has 2 heterocycles. The lowest BCUT2D eigenvalue weighted by Crippen LogP contribution is -2.64. The number of ether oxygens (including phenoxy) is 9. The highest BCUT2D eigenvalue weighted by Gasteiger charge is 2.55. The Morgan fingerprint density at radius 2 is 1.19 bits per heavy atom. The van der Waals surface area contributed by atoms with Gasteiger partial charge in [-0.05, 0) is 31.2 Å². The minimum atomic E-state index is -1.26. The first kappa shape index (κ1) is 42.6. The van der Waals surface area contributed by atoms with Crippen LogP contribution in [0.15, 0.2) is 30.3 Å². The Labute approximate surface area is 305 Å². The number of carbonyl (C=O) groups excluding carboxylic acids is 5. The first-order chi connectivity index (χ1) is 24.8. The van der Waals surface area contributed by atoms with Crippen molar-refractivity contribution in [3.8, 4) is 0 Å². The van der Waals surface area contributed by atoms with Gasteiger partial charge in [-0.2, -0.15) is 0 Å². The molecule has 0 bridgehead atoms. The Balaban J connectivity index is 1.65. The lowest BCUT2D eigenvalue weighted by molar-refractivity contribution is -0.353. The molecular weight excluding hydrogens is 682 g/mol. The van der Waals surface area contributed by atoms with E-state index in [2.05, 4.69) is 5.32 Å². The number of unbranched alkanes of at least 4 members (excludes halogenated alkanes) is 3. The number of rotatable bonds is 18. The maximum absolute atomic E-state index is 12.4. The van der Waals surface area contributed by atoms with Crippen molar-refractivity contribution in [2.45, 2.75) is 149 Å². The van der Waals surface area contributed by atoms with Crippen LogP contribution in [0.25, 0.3) is 0 Å². The maximum Gasteiger partial charge on any atom is 0.407 e. The third-order valence-corrected chi connectivity index (χ3v) is 8.74. The van der Waals surface area contributed by atoms with E-state index in [4.69, 9.17) is 42.6 Å². The highest BCUT2D eigenvalue weighted by molar-refractivity contribution is 5.68. The molecule has 15 heteroatoms. The average Bonchev–Trinajstić information content (AvgIpc) is 3.09. The molecule has 10 atom stereocenters. The summed E-state index contributed by atoms with van der Waals surface area (Å²) in [5, 5.41) is 2.75. The zero-order valence-electron chi connectivity index (χ0n) is 31.2. The van der Waals surface area contributed by atoms with E-state index < -0.39 is 85.3 Å². The summed E-state index contributed by atoms with van der Waals surface area (Å²) in [6.07, 6.45) is -5.74. The van der Waals surface area contributed by atoms with Gasteiger partial charge in [0.2, 0.25) is 0 Å². The van der Waals surface area contributed by atoms with E-state index in [-0.39, 0.29) is 19.1 Å². The molecule has 2 aliphatic rings. The van der Waals surface area contributed by atoms with Gasteiger partial charge in [0.25, 0.3) is 0 Å². The molecule has 2 saturated heterocycles. The van der Waals surface area contributed by atoms with Gasteiger partial charge in [0.05, 0.1) is 12.2 Å². The third kappa shape index (κ3) is 13.3. The van der Waals surface area contributed by atoms with Crippen molar-refractivity contribution >= 4 is 30.0 Å². The fourth-order valence-electron chi connectivity index (χ4n) is 6.34. The first-order valence-electron chi connectivity index (χ1n) is 18.1. The predicted octanol–water partition coefficient (Wildman–Crippen LogP) is 4.51. The molecule has 1 aromatic rings. The van der Waals surface area contributed by atoms with Crippen LogP contribution in [-0.4, -0.2) is 98.4 Å². The number of alkyl carbamates (subject to hydrolysis) is 1. The van der Waals surface area contributed by atoms with E-state index in [1.165, 1.54) is 27.7 Å². The van der Waals surface area contributed by atoms with Gasteiger partial charge in [-0.25, -0.2) is 4.79 Å². The SMILES string of the molecule is CCC1OC(OC2C(CC)OC(OCCCCCCNC(=O)OCc3ccccc3)C(OC(C)=O)C2OC(C)=O)C(OC(C)=O)C(OC(C)=O)C1C. The van der Waals surface area contributed by atoms with E-state index in [1.807, 2.05) is 51.1 Å². The molecule has 3 rings (SSSR count). The van der Waals surface area contributed by atoms with Gasteiger partial charge >= 0.3 is 30.0 Å². The van der Waals surface area contributed by atoms with Crippen LogP contribution in [0.4, 0.5) is 4.79 Å². The van der Waals surface area contributed by atoms with Crippen molar-refractivity contribution in [1.82, 2.24) is 5.32 Å². The van der Waals surface area contributed by atoms with Gasteiger partial charge in [0.15, 0.2) is 30.9 Å². The maximum atomic E-state index is 12.4. The average molecular weight is 738 g/mol. The first-order valence-corrected chi connectivity index (χ1v) is 18.1. The summed E-state index contributed by atoms with van der Waals surface area (Å²) in [6, 6.07) is 9.42. The molecular formula is C37H55NO14. The summed E-state index contributed by atoms with van der Waals surface area (Å²) in [6.45, 7) is 11.4. The standard InChI is InChI=1S/C37H55NO14/c1-8-28-22(3)30(46-23(4)39)33(48-25(6)41)36(50-28)52-31-29(9-2)51-35(34(49-26(7)42)32(31)47-24(5)40)44-20-16-11-10-15-19-38-37(43)45-21-27-17-13-12-14-18-27/h12-14,17-18,22,28-36H,8-11,15-16,19-21H2,1-7H3,(H,38,43). The molecule has 0 spiro atoms. The van der Waals surface area contributed by atoms with Crippen LogP contribution in [0.5, 0.6) is 0 Å². The highest BCUT2D eigenvalue weighted by Crippen LogP contribution is 2.37. The Morgan fingerprint density at radius 1 is 0.654 bits per heavy atom. The number of carbonyl (C=O) groups is 5. The zero-order chi connectivity index (χ0) is 38.2. The van der Waals surface area contributed by atoms with E-state index in [9.17, 15) is 24.0 Å². The topological polar surface area (TPSA) is 180 Å². The number of hydrogen-bond donors (Lipinski definition) is 1. The van der Waals surface area contributed by atoms with Gasteiger partial charge in [-0.1, -0.05) is 63.9 Å². The van der Waals surface area contributed by atoms with Crippen LogP contribution >= 0.6 is 0 Å². The van der Waals surface area contributed by atoms with Crippen LogP contribution < -0.4 is 5.32 Å². The highest BCUT2D eigenvalue weighted by atomic mass is 16.8. The number of benzene rings is 1. The van der Waals surface area contributed by atoms with Crippen molar-refractivity contribution in [2.75, 3.05) is 13.2 Å². The Morgan fingerprint density at radius 3 is 1.79 bits per heavy atom. The molecule has 1 N–H and O–H groups in total. The molecule has 15 nitrogen and oxygen atoms in total. The number of nitrogens with one attached hydrogen (secondary N) is 1. The Bertz CT molecular complexity index is 1290. The van der Waals surface area contributed by atoms with Crippen LogP contribution in [0.3, 0.4) is 0 Å². The van der Waals surface area contributed by atoms with Crippen molar-refractivity contribution in [1.29, 1.82) is 0 Å².